The Bertz CT molecular complexity index is 132. The van der Waals surface area contributed by atoms with Crippen LogP contribution in [0.4, 0.5) is 0 Å². The third-order valence-electron chi connectivity index (χ3n) is 2.87. The van der Waals surface area contributed by atoms with E-state index >= 15 is 0 Å². The molecule has 1 aliphatic rings. The second-order valence-corrected chi connectivity index (χ2v) is 4.59. The molecule has 0 spiro atoms. The van der Waals surface area contributed by atoms with E-state index in [9.17, 15) is 0 Å². The molecule has 0 aromatic rings. The van der Waals surface area contributed by atoms with E-state index in [0.29, 0.717) is 0 Å². The first-order valence-electron chi connectivity index (χ1n) is 6.25. The fraction of sp³-hybridized carbons (Fsp3) is 1.00. The molecule has 0 aromatic carbocycles. The summed E-state index contributed by atoms with van der Waals surface area (Å²) in [5.41, 5.74) is 0. The van der Waals surface area contributed by atoms with Crippen LogP contribution < -0.4 is 5.32 Å². The van der Waals surface area contributed by atoms with Crippen LogP contribution in [0.25, 0.3) is 0 Å². The molecule has 0 amide bonds. The largest absolute Gasteiger partial charge is 0.314 e. The Morgan fingerprint density at radius 2 is 1.86 bits per heavy atom. The highest BCUT2D eigenvalue weighted by molar-refractivity contribution is 4.80. The van der Waals surface area contributed by atoms with E-state index in [4.69, 9.17) is 0 Å². The molecule has 2 nitrogen and oxygen atoms in total. The maximum atomic E-state index is 3.55. The van der Waals surface area contributed by atoms with Crippen molar-refractivity contribution in [1.29, 1.82) is 0 Å². The van der Waals surface area contributed by atoms with E-state index in [0.717, 1.165) is 6.04 Å². The molecule has 0 radical (unpaired) electrons. The Balaban J connectivity index is 1.77. The standard InChI is InChI=1S/C12H26N2/c1-3-4-10-14(2)11-6-5-9-13-12-7-8-12/h12-13H,3-11H2,1-2H3. The zero-order valence-corrected chi connectivity index (χ0v) is 9.89. The van der Waals surface area contributed by atoms with Gasteiger partial charge in [-0.15, -0.1) is 0 Å². The summed E-state index contributed by atoms with van der Waals surface area (Å²) in [6.07, 6.45) is 8.17. The summed E-state index contributed by atoms with van der Waals surface area (Å²) in [6.45, 7) is 6.03. The fourth-order valence-corrected chi connectivity index (χ4v) is 1.64. The number of rotatable bonds is 9. The normalized spacial score (nSPS) is 16.5. The van der Waals surface area contributed by atoms with Crippen molar-refractivity contribution in [2.24, 2.45) is 0 Å². The molecule has 1 rings (SSSR count). The van der Waals surface area contributed by atoms with Gasteiger partial charge in [-0.3, -0.25) is 0 Å². The third kappa shape index (κ3) is 6.39. The summed E-state index contributed by atoms with van der Waals surface area (Å²) in [5.74, 6) is 0. The van der Waals surface area contributed by atoms with Crippen LogP contribution in [0.1, 0.15) is 45.4 Å². The molecule has 0 bridgehead atoms. The molecule has 0 saturated heterocycles. The van der Waals surface area contributed by atoms with Gasteiger partial charge in [0.25, 0.3) is 0 Å². The Labute approximate surface area is 89.1 Å². The van der Waals surface area contributed by atoms with Crippen molar-refractivity contribution >= 4 is 0 Å². The lowest BCUT2D eigenvalue weighted by molar-refractivity contribution is 0.319. The number of hydrogen-bond donors (Lipinski definition) is 1. The van der Waals surface area contributed by atoms with Crippen LogP contribution in [0.15, 0.2) is 0 Å². The summed E-state index contributed by atoms with van der Waals surface area (Å²) >= 11 is 0. The first kappa shape index (κ1) is 12.0. The van der Waals surface area contributed by atoms with E-state index in [2.05, 4.69) is 24.2 Å². The third-order valence-corrected chi connectivity index (χ3v) is 2.87. The molecule has 84 valence electrons. The van der Waals surface area contributed by atoms with E-state index in [-0.39, 0.29) is 0 Å². The second-order valence-electron chi connectivity index (χ2n) is 4.59. The minimum atomic E-state index is 0.882. The Hall–Kier alpha value is -0.0800. The van der Waals surface area contributed by atoms with E-state index in [1.807, 2.05) is 0 Å². The second kappa shape index (κ2) is 7.24. The molecular weight excluding hydrogens is 172 g/mol. The van der Waals surface area contributed by atoms with Gasteiger partial charge in [-0.1, -0.05) is 13.3 Å². The van der Waals surface area contributed by atoms with Crippen LogP contribution in [0.3, 0.4) is 0 Å². The molecule has 0 aromatic heterocycles. The van der Waals surface area contributed by atoms with Crippen LogP contribution in [0.5, 0.6) is 0 Å². The van der Waals surface area contributed by atoms with Crippen molar-refractivity contribution in [1.82, 2.24) is 10.2 Å². The molecule has 0 heterocycles. The predicted octanol–water partition coefficient (Wildman–Crippen LogP) is 2.25. The van der Waals surface area contributed by atoms with E-state index in [1.165, 1.54) is 58.2 Å². The maximum Gasteiger partial charge on any atom is 0.00682 e. The molecule has 0 atom stereocenters. The monoisotopic (exact) mass is 198 g/mol. The topological polar surface area (TPSA) is 15.3 Å². The smallest absolute Gasteiger partial charge is 0.00682 e. The van der Waals surface area contributed by atoms with Gasteiger partial charge in [0.1, 0.15) is 0 Å². The molecule has 2 heteroatoms. The maximum absolute atomic E-state index is 3.55. The number of nitrogens with one attached hydrogen (secondary N) is 1. The lowest BCUT2D eigenvalue weighted by Gasteiger charge is -2.15. The zero-order valence-electron chi connectivity index (χ0n) is 9.89. The van der Waals surface area contributed by atoms with E-state index in [1.54, 1.807) is 0 Å². The highest BCUT2D eigenvalue weighted by atomic mass is 15.1. The summed E-state index contributed by atoms with van der Waals surface area (Å²) in [4.78, 5) is 2.46. The van der Waals surface area contributed by atoms with Crippen LogP contribution in [-0.4, -0.2) is 37.6 Å². The summed E-state index contributed by atoms with van der Waals surface area (Å²) in [7, 11) is 2.24. The van der Waals surface area contributed by atoms with Gasteiger partial charge in [0.2, 0.25) is 0 Å². The Morgan fingerprint density at radius 3 is 2.50 bits per heavy atom. The van der Waals surface area contributed by atoms with Gasteiger partial charge in [0.05, 0.1) is 0 Å². The average molecular weight is 198 g/mol. The van der Waals surface area contributed by atoms with Crippen molar-refractivity contribution < 1.29 is 0 Å². The lowest BCUT2D eigenvalue weighted by atomic mass is 10.2. The van der Waals surface area contributed by atoms with Crippen LogP contribution in [-0.2, 0) is 0 Å². The predicted molar refractivity (Wildman–Crippen MR) is 62.7 cm³/mol. The van der Waals surface area contributed by atoms with Gasteiger partial charge in [-0.2, -0.15) is 0 Å². The molecule has 1 N–H and O–H groups in total. The molecule has 0 unspecified atom stereocenters. The highest BCUT2D eigenvalue weighted by Crippen LogP contribution is 2.18. The van der Waals surface area contributed by atoms with Crippen molar-refractivity contribution in [3.8, 4) is 0 Å². The number of nitrogens with zero attached hydrogens (tertiary/aromatic N) is 1. The molecule has 1 fully saturated rings. The number of unbranched alkanes of at least 4 members (excludes halogenated alkanes) is 2. The first-order valence-corrected chi connectivity index (χ1v) is 6.25. The lowest BCUT2D eigenvalue weighted by Crippen LogP contribution is -2.23. The quantitative estimate of drug-likeness (QED) is 0.572. The molecule has 1 aliphatic carbocycles. The minimum Gasteiger partial charge on any atom is -0.314 e. The van der Waals surface area contributed by atoms with Crippen LogP contribution >= 0.6 is 0 Å². The zero-order chi connectivity index (χ0) is 10.2. The van der Waals surface area contributed by atoms with Crippen molar-refractivity contribution in [2.45, 2.75) is 51.5 Å². The van der Waals surface area contributed by atoms with Crippen LogP contribution in [0.2, 0.25) is 0 Å². The molecule has 14 heavy (non-hydrogen) atoms. The van der Waals surface area contributed by atoms with Gasteiger partial charge < -0.3 is 10.2 Å². The van der Waals surface area contributed by atoms with Crippen LogP contribution in [0, 0.1) is 0 Å². The van der Waals surface area contributed by atoms with Gasteiger partial charge in [-0.25, -0.2) is 0 Å². The number of hydrogen-bond acceptors (Lipinski definition) is 2. The molecular formula is C12H26N2. The Morgan fingerprint density at radius 1 is 1.14 bits per heavy atom. The SMILES string of the molecule is CCCCN(C)CCCCNC1CC1. The van der Waals surface area contributed by atoms with Gasteiger partial charge in [0.15, 0.2) is 0 Å². The van der Waals surface area contributed by atoms with Gasteiger partial charge in [-0.05, 0) is 58.8 Å². The van der Waals surface area contributed by atoms with E-state index < -0.39 is 0 Å². The first-order chi connectivity index (χ1) is 6.83. The highest BCUT2D eigenvalue weighted by Gasteiger charge is 2.19. The Kier molecular flexibility index (Phi) is 6.20. The van der Waals surface area contributed by atoms with Crippen molar-refractivity contribution in [3.63, 3.8) is 0 Å². The minimum absolute atomic E-state index is 0.882. The average Bonchev–Trinajstić information content (AvgIpc) is 2.98. The molecule has 0 aliphatic heterocycles. The fourth-order valence-electron chi connectivity index (χ4n) is 1.64. The molecule has 1 saturated carbocycles. The summed E-state index contributed by atoms with van der Waals surface area (Å²) < 4.78 is 0. The van der Waals surface area contributed by atoms with Crippen molar-refractivity contribution in [2.75, 3.05) is 26.7 Å². The summed E-state index contributed by atoms with van der Waals surface area (Å²) in [5, 5.41) is 3.55. The van der Waals surface area contributed by atoms with Gasteiger partial charge >= 0.3 is 0 Å². The van der Waals surface area contributed by atoms with Gasteiger partial charge in [0, 0.05) is 6.04 Å². The summed E-state index contributed by atoms with van der Waals surface area (Å²) in [6, 6.07) is 0.882. The van der Waals surface area contributed by atoms with Crippen molar-refractivity contribution in [3.05, 3.63) is 0 Å².